The summed E-state index contributed by atoms with van der Waals surface area (Å²) in [7, 11) is 1.54. The molecule has 0 aliphatic carbocycles. The molecular formula is C16H15BrN2O3S. The predicted molar refractivity (Wildman–Crippen MR) is 97.0 cm³/mol. The van der Waals surface area contributed by atoms with Crippen LogP contribution in [0, 0.1) is 0 Å². The Bertz CT molecular complexity index is 692. The van der Waals surface area contributed by atoms with Gasteiger partial charge in [0.15, 0.2) is 23.2 Å². The van der Waals surface area contributed by atoms with Crippen LogP contribution in [0.15, 0.2) is 53.0 Å². The zero-order valence-electron chi connectivity index (χ0n) is 12.3. The standard InChI is InChI=1S/C16H15BrN2O3S/c1-21-13-4-2-3-5-14(13)22-10-15(20)19-16(23)18-12-8-6-11(17)7-9-12/h2-9H,10H2,1H3,(H2,18,19,20,23). The van der Waals surface area contributed by atoms with Crippen LogP contribution in [0.5, 0.6) is 11.5 Å². The van der Waals surface area contributed by atoms with E-state index in [1.807, 2.05) is 30.3 Å². The van der Waals surface area contributed by atoms with Crippen molar-refractivity contribution in [1.29, 1.82) is 0 Å². The average Bonchev–Trinajstić information content (AvgIpc) is 2.55. The van der Waals surface area contributed by atoms with Crippen molar-refractivity contribution in [2.45, 2.75) is 0 Å². The Morgan fingerprint density at radius 1 is 1.13 bits per heavy atom. The topological polar surface area (TPSA) is 59.6 Å². The molecule has 0 fully saturated rings. The Balaban J connectivity index is 1.82. The predicted octanol–water partition coefficient (Wildman–Crippen LogP) is 3.35. The largest absolute Gasteiger partial charge is 0.493 e. The Kier molecular flexibility index (Phi) is 6.37. The van der Waals surface area contributed by atoms with Crippen molar-refractivity contribution in [3.8, 4) is 11.5 Å². The molecule has 0 aliphatic rings. The van der Waals surface area contributed by atoms with Gasteiger partial charge >= 0.3 is 0 Å². The van der Waals surface area contributed by atoms with Gasteiger partial charge in [-0.05, 0) is 48.6 Å². The summed E-state index contributed by atoms with van der Waals surface area (Å²) < 4.78 is 11.5. The van der Waals surface area contributed by atoms with Crippen molar-refractivity contribution >= 4 is 44.9 Å². The number of halogens is 1. The Labute approximate surface area is 148 Å². The lowest BCUT2D eigenvalue weighted by Gasteiger charge is -2.12. The molecule has 2 N–H and O–H groups in total. The van der Waals surface area contributed by atoms with Gasteiger partial charge in [-0.1, -0.05) is 28.1 Å². The highest BCUT2D eigenvalue weighted by Gasteiger charge is 2.08. The minimum Gasteiger partial charge on any atom is -0.493 e. The first-order valence-corrected chi connectivity index (χ1v) is 7.91. The van der Waals surface area contributed by atoms with Gasteiger partial charge in [-0.2, -0.15) is 0 Å². The lowest BCUT2D eigenvalue weighted by molar-refractivity contribution is -0.121. The number of anilines is 1. The van der Waals surface area contributed by atoms with Crippen LogP contribution in [-0.4, -0.2) is 24.7 Å². The summed E-state index contributed by atoms with van der Waals surface area (Å²) in [6.07, 6.45) is 0. The number of carbonyl (C=O) groups is 1. The van der Waals surface area contributed by atoms with Crippen LogP contribution in [0.2, 0.25) is 0 Å². The van der Waals surface area contributed by atoms with Crippen molar-refractivity contribution in [2.24, 2.45) is 0 Å². The van der Waals surface area contributed by atoms with Gasteiger partial charge in [0.05, 0.1) is 7.11 Å². The monoisotopic (exact) mass is 394 g/mol. The third-order valence-corrected chi connectivity index (χ3v) is 3.52. The molecule has 0 aliphatic heterocycles. The number of benzene rings is 2. The second-order valence-electron chi connectivity index (χ2n) is 4.45. The smallest absolute Gasteiger partial charge is 0.264 e. The van der Waals surface area contributed by atoms with E-state index < -0.39 is 0 Å². The summed E-state index contributed by atoms with van der Waals surface area (Å²) >= 11 is 8.44. The number of ether oxygens (including phenoxy) is 2. The van der Waals surface area contributed by atoms with Gasteiger partial charge in [-0.25, -0.2) is 0 Å². The van der Waals surface area contributed by atoms with Crippen LogP contribution in [-0.2, 0) is 4.79 Å². The SMILES string of the molecule is COc1ccccc1OCC(=O)NC(=S)Nc1ccc(Br)cc1. The van der Waals surface area contributed by atoms with E-state index in [4.69, 9.17) is 21.7 Å². The highest BCUT2D eigenvalue weighted by Crippen LogP contribution is 2.25. The third kappa shape index (κ3) is 5.54. The molecule has 2 aromatic rings. The Hall–Kier alpha value is -2.12. The molecule has 2 aromatic carbocycles. The first-order chi connectivity index (χ1) is 11.1. The molecule has 2 rings (SSSR count). The fourth-order valence-corrected chi connectivity index (χ4v) is 2.24. The molecule has 5 nitrogen and oxygen atoms in total. The molecule has 0 spiro atoms. The van der Waals surface area contributed by atoms with E-state index in [0.717, 1.165) is 10.2 Å². The van der Waals surface area contributed by atoms with Crippen LogP contribution in [0.4, 0.5) is 5.69 Å². The Morgan fingerprint density at radius 2 is 1.78 bits per heavy atom. The Morgan fingerprint density at radius 3 is 2.43 bits per heavy atom. The van der Waals surface area contributed by atoms with Crippen LogP contribution in [0.25, 0.3) is 0 Å². The minimum atomic E-state index is -0.356. The summed E-state index contributed by atoms with van der Waals surface area (Å²) in [5.74, 6) is 0.707. The number of thiocarbonyl (C=S) groups is 1. The maximum absolute atomic E-state index is 11.9. The van der Waals surface area contributed by atoms with Gasteiger partial charge in [0.1, 0.15) is 0 Å². The number of nitrogens with one attached hydrogen (secondary N) is 2. The molecule has 0 bridgehead atoms. The summed E-state index contributed by atoms with van der Waals surface area (Å²) in [6, 6.07) is 14.5. The lowest BCUT2D eigenvalue weighted by Crippen LogP contribution is -2.37. The van der Waals surface area contributed by atoms with Crippen LogP contribution < -0.4 is 20.1 Å². The van der Waals surface area contributed by atoms with Crippen molar-refractivity contribution < 1.29 is 14.3 Å². The van der Waals surface area contributed by atoms with Crippen LogP contribution >= 0.6 is 28.1 Å². The number of para-hydroxylation sites is 2. The first-order valence-electron chi connectivity index (χ1n) is 6.70. The molecule has 0 atom stereocenters. The van der Waals surface area contributed by atoms with Gasteiger partial charge in [0.25, 0.3) is 5.91 Å². The van der Waals surface area contributed by atoms with Gasteiger partial charge < -0.3 is 14.8 Å². The average molecular weight is 395 g/mol. The van der Waals surface area contributed by atoms with Crippen molar-refractivity contribution in [1.82, 2.24) is 5.32 Å². The van der Waals surface area contributed by atoms with Crippen LogP contribution in [0.3, 0.4) is 0 Å². The minimum absolute atomic E-state index is 0.164. The molecule has 23 heavy (non-hydrogen) atoms. The molecule has 0 unspecified atom stereocenters. The maximum atomic E-state index is 11.9. The van der Waals surface area contributed by atoms with E-state index in [2.05, 4.69) is 26.6 Å². The maximum Gasteiger partial charge on any atom is 0.264 e. The molecule has 0 heterocycles. The van der Waals surface area contributed by atoms with Gasteiger partial charge in [-0.15, -0.1) is 0 Å². The molecular weight excluding hydrogens is 380 g/mol. The molecule has 7 heteroatoms. The second-order valence-corrected chi connectivity index (χ2v) is 5.77. The molecule has 0 saturated carbocycles. The highest BCUT2D eigenvalue weighted by molar-refractivity contribution is 9.10. The van der Waals surface area contributed by atoms with Gasteiger partial charge in [0.2, 0.25) is 0 Å². The van der Waals surface area contributed by atoms with Crippen LogP contribution in [0.1, 0.15) is 0 Å². The van der Waals surface area contributed by atoms with Crippen molar-refractivity contribution in [3.63, 3.8) is 0 Å². The fourth-order valence-electron chi connectivity index (χ4n) is 1.74. The van der Waals surface area contributed by atoms with E-state index in [1.54, 1.807) is 25.3 Å². The van der Waals surface area contributed by atoms with E-state index in [1.165, 1.54) is 0 Å². The molecule has 0 radical (unpaired) electrons. The normalized spacial score (nSPS) is 9.83. The van der Waals surface area contributed by atoms with Gasteiger partial charge in [0, 0.05) is 10.2 Å². The summed E-state index contributed by atoms with van der Waals surface area (Å²) in [5, 5.41) is 5.68. The number of amides is 1. The van der Waals surface area contributed by atoms with E-state index in [9.17, 15) is 4.79 Å². The fraction of sp³-hybridized carbons (Fsp3) is 0.125. The number of rotatable bonds is 5. The van der Waals surface area contributed by atoms with E-state index in [0.29, 0.717) is 11.5 Å². The summed E-state index contributed by atoms with van der Waals surface area (Å²) in [4.78, 5) is 11.9. The molecule has 0 saturated heterocycles. The molecule has 120 valence electrons. The molecule has 1 amide bonds. The van der Waals surface area contributed by atoms with E-state index in [-0.39, 0.29) is 17.6 Å². The first kappa shape index (κ1) is 17.2. The zero-order chi connectivity index (χ0) is 16.7. The summed E-state index contributed by atoms with van der Waals surface area (Å²) in [5.41, 5.74) is 0.782. The number of carbonyl (C=O) groups excluding carboxylic acids is 1. The number of hydrogen-bond acceptors (Lipinski definition) is 4. The van der Waals surface area contributed by atoms with Crippen molar-refractivity contribution in [3.05, 3.63) is 53.0 Å². The lowest BCUT2D eigenvalue weighted by atomic mass is 10.3. The van der Waals surface area contributed by atoms with Crippen molar-refractivity contribution in [2.75, 3.05) is 19.0 Å². The van der Waals surface area contributed by atoms with Gasteiger partial charge in [-0.3, -0.25) is 10.1 Å². The zero-order valence-corrected chi connectivity index (χ0v) is 14.7. The van der Waals surface area contributed by atoms with E-state index >= 15 is 0 Å². The highest BCUT2D eigenvalue weighted by atomic mass is 79.9. The third-order valence-electron chi connectivity index (χ3n) is 2.78. The second kappa shape index (κ2) is 8.50. The quantitative estimate of drug-likeness (QED) is 0.761. The number of methoxy groups -OCH3 is 1. The summed E-state index contributed by atoms with van der Waals surface area (Å²) in [6.45, 7) is -0.164. The molecule has 0 aromatic heterocycles. The number of hydrogen-bond donors (Lipinski definition) is 2.